The van der Waals surface area contributed by atoms with Gasteiger partial charge in [0, 0.05) is 19.0 Å². The van der Waals surface area contributed by atoms with Gasteiger partial charge in [0.15, 0.2) is 0 Å². The second-order valence-corrected chi connectivity index (χ2v) is 6.07. The molecule has 1 heterocycles. The third kappa shape index (κ3) is 5.34. The lowest BCUT2D eigenvalue weighted by atomic mass is 9.96. The summed E-state index contributed by atoms with van der Waals surface area (Å²) >= 11 is 0. The van der Waals surface area contributed by atoms with Crippen LogP contribution >= 0.6 is 0 Å². The van der Waals surface area contributed by atoms with Gasteiger partial charge >= 0.3 is 0 Å². The van der Waals surface area contributed by atoms with Crippen LogP contribution in [-0.4, -0.2) is 43.6 Å². The molecular formula is C18H28N2O2. The van der Waals surface area contributed by atoms with E-state index in [4.69, 9.17) is 4.74 Å². The lowest BCUT2D eigenvalue weighted by Crippen LogP contribution is -2.41. The monoisotopic (exact) mass is 304 g/mol. The molecule has 0 bridgehead atoms. The summed E-state index contributed by atoms with van der Waals surface area (Å²) in [5.74, 6) is 1.37. The zero-order valence-electron chi connectivity index (χ0n) is 13.8. The molecule has 0 atom stereocenters. The van der Waals surface area contributed by atoms with E-state index in [0.717, 1.165) is 51.2 Å². The normalized spacial score (nSPS) is 16.5. The Morgan fingerprint density at radius 1 is 1.36 bits per heavy atom. The minimum absolute atomic E-state index is 0.195. The van der Waals surface area contributed by atoms with Gasteiger partial charge in [0.1, 0.15) is 12.4 Å². The number of benzene rings is 1. The second kappa shape index (κ2) is 8.79. The first-order chi connectivity index (χ1) is 10.7. The molecule has 1 aromatic rings. The van der Waals surface area contributed by atoms with Crippen molar-refractivity contribution >= 4 is 5.91 Å². The molecule has 1 saturated heterocycles. The predicted octanol–water partition coefficient (Wildman–Crippen LogP) is 2.61. The van der Waals surface area contributed by atoms with Crippen molar-refractivity contribution in [1.29, 1.82) is 0 Å². The van der Waals surface area contributed by atoms with Crippen LogP contribution in [0.25, 0.3) is 0 Å². The summed E-state index contributed by atoms with van der Waals surface area (Å²) in [5.41, 5.74) is 1.22. The van der Waals surface area contributed by atoms with Crippen LogP contribution in [-0.2, 0) is 4.79 Å². The Hall–Kier alpha value is -1.55. The number of ether oxygens (including phenoxy) is 1. The quantitative estimate of drug-likeness (QED) is 0.842. The molecule has 0 unspecified atom stereocenters. The van der Waals surface area contributed by atoms with Gasteiger partial charge in [-0.05, 0) is 57.0 Å². The van der Waals surface area contributed by atoms with Crippen molar-refractivity contribution in [3.8, 4) is 5.75 Å². The molecule has 0 spiro atoms. The number of likely N-dealkylation sites (tertiary alicyclic amines) is 1. The molecule has 2 rings (SSSR count). The van der Waals surface area contributed by atoms with Crippen molar-refractivity contribution in [1.82, 2.24) is 10.2 Å². The smallest absolute Gasteiger partial charge is 0.223 e. The first kappa shape index (κ1) is 16.8. The number of rotatable bonds is 7. The topological polar surface area (TPSA) is 41.6 Å². The van der Waals surface area contributed by atoms with Crippen LogP contribution in [0.2, 0.25) is 0 Å². The van der Waals surface area contributed by atoms with Crippen LogP contribution in [0.15, 0.2) is 24.3 Å². The lowest BCUT2D eigenvalue weighted by Gasteiger charge is -2.31. The lowest BCUT2D eigenvalue weighted by molar-refractivity contribution is -0.126. The van der Waals surface area contributed by atoms with Crippen molar-refractivity contribution in [2.45, 2.75) is 33.1 Å². The maximum Gasteiger partial charge on any atom is 0.223 e. The maximum atomic E-state index is 11.9. The zero-order valence-corrected chi connectivity index (χ0v) is 13.8. The summed E-state index contributed by atoms with van der Waals surface area (Å²) in [5, 5.41) is 3.00. The highest BCUT2D eigenvalue weighted by atomic mass is 16.5. The van der Waals surface area contributed by atoms with E-state index in [9.17, 15) is 4.79 Å². The van der Waals surface area contributed by atoms with E-state index in [-0.39, 0.29) is 11.8 Å². The number of carbonyl (C=O) groups excluding carboxylic acids is 1. The van der Waals surface area contributed by atoms with E-state index in [1.807, 2.05) is 12.1 Å². The molecule has 1 aromatic carbocycles. The summed E-state index contributed by atoms with van der Waals surface area (Å²) in [7, 11) is 0. The van der Waals surface area contributed by atoms with Crippen molar-refractivity contribution in [2.24, 2.45) is 5.92 Å². The predicted molar refractivity (Wildman–Crippen MR) is 89.1 cm³/mol. The molecule has 0 aromatic heterocycles. The molecule has 0 aliphatic carbocycles. The third-order valence-electron chi connectivity index (χ3n) is 4.17. The van der Waals surface area contributed by atoms with Crippen molar-refractivity contribution in [3.63, 3.8) is 0 Å². The fraction of sp³-hybridized carbons (Fsp3) is 0.611. The van der Waals surface area contributed by atoms with E-state index in [1.165, 1.54) is 5.56 Å². The highest BCUT2D eigenvalue weighted by Gasteiger charge is 2.24. The Morgan fingerprint density at radius 2 is 2.14 bits per heavy atom. The van der Waals surface area contributed by atoms with Gasteiger partial charge in [-0.2, -0.15) is 0 Å². The van der Waals surface area contributed by atoms with E-state index < -0.39 is 0 Å². The average molecular weight is 304 g/mol. The van der Waals surface area contributed by atoms with Gasteiger partial charge < -0.3 is 10.1 Å². The molecular weight excluding hydrogens is 276 g/mol. The van der Waals surface area contributed by atoms with Gasteiger partial charge in [-0.25, -0.2) is 0 Å². The van der Waals surface area contributed by atoms with Gasteiger partial charge in [0.25, 0.3) is 0 Å². The number of amides is 1. The van der Waals surface area contributed by atoms with Gasteiger partial charge in [-0.3, -0.25) is 9.69 Å². The van der Waals surface area contributed by atoms with Crippen molar-refractivity contribution in [2.75, 3.05) is 32.8 Å². The van der Waals surface area contributed by atoms with Crippen LogP contribution < -0.4 is 10.1 Å². The molecule has 1 aliphatic rings. The Bertz CT molecular complexity index is 468. The Kier molecular flexibility index (Phi) is 6.72. The van der Waals surface area contributed by atoms with E-state index in [1.54, 1.807) is 0 Å². The number of nitrogens with one attached hydrogen (secondary N) is 1. The van der Waals surface area contributed by atoms with Gasteiger partial charge in [-0.15, -0.1) is 0 Å². The van der Waals surface area contributed by atoms with E-state index >= 15 is 0 Å². The van der Waals surface area contributed by atoms with Gasteiger partial charge in [0.05, 0.1) is 0 Å². The molecule has 22 heavy (non-hydrogen) atoms. The van der Waals surface area contributed by atoms with Crippen molar-refractivity contribution < 1.29 is 9.53 Å². The highest BCUT2D eigenvalue weighted by Crippen LogP contribution is 2.17. The molecule has 1 amide bonds. The molecule has 1 fully saturated rings. The Balaban J connectivity index is 1.64. The van der Waals surface area contributed by atoms with Crippen molar-refractivity contribution in [3.05, 3.63) is 29.8 Å². The van der Waals surface area contributed by atoms with Crippen LogP contribution in [0.4, 0.5) is 0 Å². The highest BCUT2D eigenvalue weighted by molar-refractivity contribution is 5.78. The van der Waals surface area contributed by atoms with Crippen LogP contribution in [0.5, 0.6) is 5.75 Å². The molecule has 0 radical (unpaired) electrons. The fourth-order valence-corrected chi connectivity index (χ4v) is 2.81. The minimum Gasteiger partial charge on any atom is -0.492 e. The van der Waals surface area contributed by atoms with E-state index in [0.29, 0.717) is 6.61 Å². The number of aryl methyl sites for hydroxylation is 1. The minimum atomic E-state index is 0.195. The molecule has 4 heteroatoms. The second-order valence-electron chi connectivity index (χ2n) is 6.07. The Morgan fingerprint density at radius 3 is 2.82 bits per heavy atom. The van der Waals surface area contributed by atoms with Gasteiger partial charge in [0.2, 0.25) is 5.91 Å². The number of hydrogen-bond donors (Lipinski definition) is 1. The Labute approximate surface area is 133 Å². The standard InChI is InChI=1S/C18H28N2O2/c1-3-9-19-18(21)16-7-10-20(11-8-16)12-13-22-17-6-4-5-15(2)14-17/h4-6,14,16H,3,7-13H2,1-2H3,(H,19,21). The number of piperidine rings is 1. The number of hydrogen-bond acceptors (Lipinski definition) is 3. The van der Waals surface area contributed by atoms with Crippen LogP contribution in [0, 0.1) is 12.8 Å². The fourth-order valence-electron chi connectivity index (χ4n) is 2.81. The average Bonchev–Trinajstić information content (AvgIpc) is 2.53. The van der Waals surface area contributed by atoms with Crippen LogP contribution in [0.3, 0.4) is 0 Å². The van der Waals surface area contributed by atoms with Gasteiger partial charge in [-0.1, -0.05) is 19.1 Å². The molecule has 122 valence electrons. The summed E-state index contributed by atoms with van der Waals surface area (Å²) in [4.78, 5) is 14.3. The summed E-state index contributed by atoms with van der Waals surface area (Å²) in [6.45, 7) is 8.55. The number of carbonyl (C=O) groups is 1. The molecule has 1 N–H and O–H groups in total. The third-order valence-corrected chi connectivity index (χ3v) is 4.17. The first-order valence-electron chi connectivity index (χ1n) is 8.38. The summed E-state index contributed by atoms with van der Waals surface area (Å²) in [6, 6.07) is 8.15. The summed E-state index contributed by atoms with van der Waals surface area (Å²) < 4.78 is 5.80. The van der Waals surface area contributed by atoms with E-state index in [2.05, 4.69) is 36.2 Å². The molecule has 4 nitrogen and oxygen atoms in total. The van der Waals surface area contributed by atoms with Crippen LogP contribution in [0.1, 0.15) is 31.7 Å². The maximum absolute atomic E-state index is 11.9. The molecule has 1 aliphatic heterocycles. The largest absolute Gasteiger partial charge is 0.492 e. The zero-order chi connectivity index (χ0) is 15.8. The number of nitrogens with zero attached hydrogens (tertiary/aromatic N) is 1. The first-order valence-corrected chi connectivity index (χ1v) is 8.38. The summed E-state index contributed by atoms with van der Waals surface area (Å²) in [6.07, 6.45) is 2.92. The SMILES string of the molecule is CCCNC(=O)C1CCN(CCOc2cccc(C)c2)CC1. The molecule has 0 saturated carbocycles.